The van der Waals surface area contributed by atoms with Crippen molar-refractivity contribution >= 4 is 5.69 Å². The Morgan fingerprint density at radius 3 is 2.38 bits per heavy atom. The first-order valence-corrected chi connectivity index (χ1v) is 6.69. The monoisotopic (exact) mass is 293 g/mol. The van der Waals surface area contributed by atoms with Crippen LogP contribution in [0.1, 0.15) is 24.9 Å². The summed E-state index contributed by atoms with van der Waals surface area (Å²) in [6, 6.07) is 13.3. The zero-order valence-corrected chi connectivity index (χ0v) is 11.6. The van der Waals surface area contributed by atoms with E-state index in [1.54, 1.807) is 42.5 Å². The van der Waals surface area contributed by atoms with Gasteiger partial charge in [0, 0.05) is 0 Å². The van der Waals surface area contributed by atoms with E-state index in [2.05, 4.69) is 10.1 Å². The van der Waals surface area contributed by atoms with Gasteiger partial charge in [0.15, 0.2) is 0 Å². The third-order valence-corrected chi connectivity index (χ3v) is 3.14. The molecule has 0 radical (unpaired) electrons. The molecule has 5 heteroatoms. The summed E-state index contributed by atoms with van der Waals surface area (Å²) < 4.78 is 29.3. The molecule has 0 spiro atoms. The second-order valence-electron chi connectivity index (χ2n) is 4.57. The molecule has 2 rings (SSSR count). The van der Waals surface area contributed by atoms with Gasteiger partial charge in [0.1, 0.15) is 11.5 Å². The fourth-order valence-electron chi connectivity index (χ4n) is 2.10. The quantitative estimate of drug-likeness (QED) is 0.820. The van der Waals surface area contributed by atoms with Gasteiger partial charge in [0.2, 0.25) is 0 Å². The summed E-state index contributed by atoms with van der Waals surface area (Å²) in [5.41, 5.74) is 1.47. The third-order valence-electron chi connectivity index (χ3n) is 3.14. The lowest BCUT2D eigenvalue weighted by Gasteiger charge is -2.21. The maximum absolute atomic E-state index is 12.4. The van der Waals surface area contributed by atoms with Crippen LogP contribution in [0.3, 0.4) is 0 Å². The van der Waals surface area contributed by atoms with Crippen LogP contribution in [0.2, 0.25) is 0 Å². The number of para-hydroxylation sites is 2. The molecule has 0 saturated heterocycles. The summed E-state index contributed by atoms with van der Waals surface area (Å²) >= 11 is 0. The molecule has 0 aliphatic heterocycles. The van der Waals surface area contributed by atoms with Crippen LogP contribution in [-0.4, -0.2) is 11.7 Å². The lowest BCUT2D eigenvalue weighted by atomic mass is 10.0. The Bertz CT molecular complexity index is 573. The number of aromatic hydroxyl groups is 1. The molecule has 112 valence electrons. The Labute approximate surface area is 122 Å². The van der Waals surface area contributed by atoms with E-state index in [9.17, 15) is 13.9 Å². The van der Waals surface area contributed by atoms with Crippen LogP contribution in [0.5, 0.6) is 11.5 Å². The van der Waals surface area contributed by atoms with Gasteiger partial charge in [-0.25, -0.2) is 0 Å². The smallest absolute Gasteiger partial charge is 0.387 e. The maximum atomic E-state index is 12.4. The Hall–Kier alpha value is -2.30. The molecule has 1 atom stereocenters. The molecule has 3 nitrogen and oxygen atoms in total. The molecular formula is C16H17F2NO2. The van der Waals surface area contributed by atoms with E-state index in [0.29, 0.717) is 5.69 Å². The van der Waals surface area contributed by atoms with Crippen molar-refractivity contribution in [2.24, 2.45) is 0 Å². The number of hydrogen-bond acceptors (Lipinski definition) is 3. The maximum Gasteiger partial charge on any atom is 0.387 e. The fourth-order valence-corrected chi connectivity index (χ4v) is 2.10. The van der Waals surface area contributed by atoms with E-state index in [1.807, 2.05) is 6.92 Å². The van der Waals surface area contributed by atoms with Crippen molar-refractivity contribution in [2.75, 3.05) is 5.32 Å². The normalized spacial score (nSPS) is 12.2. The molecule has 2 N–H and O–H groups in total. The van der Waals surface area contributed by atoms with Crippen molar-refractivity contribution in [3.63, 3.8) is 0 Å². The highest BCUT2D eigenvalue weighted by atomic mass is 19.3. The van der Waals surface area contributed by atoms with E-state index in [-0.39, 0.29) is 17.5 Å². The minimum Gasteiger partial charge on any atom is -0.508 e. The number of benzene rings is 2. The fraction of sp³-hybridized carbons (Fsp3) is 0.250. The second-order valence-corrected chi connectivity index (χ2v) is 4.57. The lowest BCUT2D eigenvalue weighted by Crippen LogP contribution is -2.12. The van der Waals surface area contributed by atoms with Crippen molar-refractivity contribution in [3.05, 3.63) is 54.1 Å². The SMILES string of the molecule is CCC(Nc1ccccc1OC(F)F)c1ccc(O)cc1. The zero-order valence-electron chi connectivity index (χ0n) is 11.6. The second kappa shape index (κ2) is 6.92. The number of ether oxygens (including phenoxy) is 1. The summed E-state index contributed by atoms with van der Waals surface area (Å²) in [5.74, 6) is 0.305. The molecule has 0 fully saturated rings. The number of hydrogen-bond donors (Lipinski definition) is 2. The van der Waals surface area contributed by atoms with Gasteiger partial charge in [0.05, 0.1) is 11.7 Å². The molecule has 0 aliphatic rings. The predicted molar refractivity (Wildman–Crippen MR) is 77.8 cm³/mol. The Morgan fingerprint density at radius 2 is 1.76 bits per heavy atom. The molecule has 0 heterocycles. The molecule has 21 heavy (non-hydrogen) atoms. The van der Waals surface area contributed by atoms with Crippen molar-refractivity contribution in [2.45, 2.75) is 26.0 Å². The molecule has 0 bridgehead atoms. The van der Waals surface area contributed by atoms with E-state index < -0.39 is 6.61 Å². The standard InChI is InChI=1S/C16H17F2NO2/c1-2-13(11-7-9-12(20)10-8-11)19-14-5-3-4-6-15(14)21-16(17)18/h3-10,13,16,19-20H,2H2,1H3. The first-order chi connectivity index (χ1) is 10.1. The molecule has 2 aromatic rings. The topological polar surface area (TPSA) is 41.5 Å². The van der Waals surface area contributed by atoms with Crippen molar-refractivity contribution in [3.8, 4) is 11.5 Å². The van der Waals surface area contributed by atoms with Crippen LogP contribution in [0, 0.1) is 0 Å². The van der Waals surface area contributed by atoms with Gasteiger partial charge < -0.3 is 15.2 Å². The molecule has 0 aromatic heterocycles. The van der Waals surface area contributed by atoms with Crippen LogP contribution in [0.15, 0.2) is 48.5 Å². The van der Waals surface area contributed by atoms with Gasteiger partial charge in [-0.3, -0.25) is 0 Å². The summed E-state index contributed by atoms with van der Waals surface area (Å²) in [7, 11) is 0. The Morgan fingerprint density at radius 1 is 1.10 bits per heavy atom. The third kappa shape index (κ3) is 4.08. The van der Waals surface area contributed by atoms with Crippen molar-refractivity contribution in [1.82, 2.24) is 0 Å². The van der Waals surface area contributed by atoms with Gasteiger partial charge >= 0.3 is 6.61 Å². The van der Waals surface area contributed by atoms with E-state index in [4.69, 9.17) is 0 Å². The molecule has 0 amide bonds. The summed E-state index contributed by atoms with van der Waals surface area (Å²) in [6.45, 7) is -0.872. The van der Waals surface area contributed by atoms with E-state index in [0.717, 1.165) is 12.0 Å². The van der Waals surface area contributed by atoms with Crippen molar-refractivity contribution < 1.29 is 18.6 Å². The Balaban J connectivity index is 2.20. The molecule has 0 saturated carbocycles. The average molecular weight is 293 g/mol. The van der Waals surface area contributed by atoms with Gasteiger partial charge in [-0.2, -0.15) is 8.78 Å². The minimum atomic E-state index is -2.86. The van der Waals surface area contributed by atoms with Gasteiger partial charge in [-0.15, -0.1) is 0 Å². The van der Waals surface area contributed by atoms with Crippen LogP contribution in [0.4, 0.5) is 14.5 Å². The highest BCUT2D eigenvalue weighted by molar-refractivity contribution is 5.57. The van der Waals surface area contributed by atoms with E-state index in [1.165, 1.54) is 6.07 Å². The molecule has 1 unspecified atom stereocenters. The summed E-state index contributed by atoms with van der Waals surface area (Å²) in [4.78, 5) is 0. The number of anilines is 1. The van der Waals surface area contributed by atoms with Gasteiger partial charge in [-0.1, -0.05) is 31.2 Å². The Kier molecular flexibility index (Phi) is 4.98. The van der Waals surface area contributed by atoms with Crippen LogP contribution in [-0.2, 0) is 0 Å². The molecule has 0 aliphatic carbocycles. The summed E-state index contributed by atoms with van der Waals surface area (Å²) in [6.07, 6.45) is 0.758. The first-order valence-electron chi connectivity index (χ1n) is 6.69. The molecule has 2 aromatic carbocycles. The highest BCUT2D eigenvalue weighted by Crippen LogP contribution is 2.31. The van der Waals surface area contributed by atoms with Crippen LogP contribution < -0.4 is 10.1 Å². The number of alkyl halides is 2. The minimum absolute atomic E-state index is 0.0620. The largest absolute Gasteiger partial charge is 0.508 e. The van der Waals surface area contributed by atoms with Crippen LogP contribution >= 0.6 is 0 Å². The van der Waals surface area contributed by atoms with Crippen molar-refractivity contribution in [1.29, 1.82) is 0 Å². The number of halogens is 2. The number of phenols is 1. The van der Waals surface area contributed by atoms with Crippen LogP contribution in [0.25, 0.3) is 0 Å². The summed E-state index contributed by atoms with van der Waals surface area (Å²) in [5, 5.41) is 12.5. The predicted octanol–water partition coefficient (Wildman–Crippen LogP) is 4.56. The van der Waals surface area contributed by atoms with E-state index >= 15 is 0 Å². The first kappa shape index (κ1) is 15.1. The average Bonchev–Trinajstić information content (AvgIpc) is 2.47. The number of phenolic OH excluding ortho intramolecular Hbond substituents is 1. The zero-order chi connectivity index (χ0) is 15.2. The number of nitrogens with one attached hydrogen (secondary N) is 1. The van der Waals surface area contributed by atoms with Gasteiger partial charge in [-0.05, 0) is 36.2 Å². The molecular weight excluding hydrogens is 276 g/mol. The van der Waals surface area contributed by atoms with Gasteiger partial charge in [0.25, 0.3) is 0 Å². The highest BCUT2D eigenvalue weighted by Gasteiger charge is 2.14. The number of rotatable bonds is 6. The lowest BCUT2D eigenvalue weighted by molar-refractivity contribution is -0.0493.